The first-order valence-electron chi connectivity index (χ1n) is 6.98. The third-order valence-corrected chi connectivity index (χ3v) is 3.59. The van der Waals surface area contributed by atoms with Gasteiger partial charge in [0.15, 0.2) is 0 Å². The van der Waals surface area contributed by atoms with E-state index in [0.717, 1.165) is 10.9 Å². The van der Waals surface area contributed by atoms with Crippen LogP contribution in [-0.4, -0.2) is 16.8 Å². The highest BCUT2D eigenvalue weighted by Gasteiger charge is 2.12. The summed E-state index contributed by atoms with van der Waals surface area (Å²) in [6.45, 7) is 1.44. The number of rotatable bonds is 3. The van der Waals surface area contributed by atoms with Gasteiger partial charge in [-0.3, -0.25) is 9.59 Å². The van der Waals surface area contributed by atoms with E-state index in [0.29, 0.717) is 22.0 Å². The highest BCUT2D eigenvalue weighted by Crippen LogP contribution is 2.23. The van der Waals surface area contributed by atoms with E-state index in [1.54, 1.807) is 42.6 Å². The predicted molar refractivity (Wildman–Crippen MR) is 92.0 cm³/mol. The highest BCUT2D eigenvalue weighted by molar-refractivity contribution is 6.31. The van der Waals surface area contributed by atoms with Gasteiger partial charge in [0, 0.05) is 40.4 Å². The Morgan fingerprint density at radius 2 is 1.65 bits per heavy atom. The average Bonchev–Trinajstić information content (AvgIpc) is 2.91. The van der Waals surface area contributed by atoms with Gasteiger partial charge in [-0.2, -0.15) is 0 Å². The molecule has 0 atom stereocenters. The van der Waals surface area contributed by atoms with E-state index in [9.17, 15) is 9.59 Å². The zero-order valence-corrected chi connectivity index (χ0v) is 13.1. The number of benzene rings is 2. The first kappa shape index (κ1) is 15.1. The summed E-state index contributed by atoms with van der Waals surface area (Å²) < 4.78 is 0. The highest BCUT2D eigenvalue weighted by atomic mass is 35.5. The summed E-state index contributed by atoms with van der Waals surface area (Å²) in [6, 6.07) is 12.3. The molecule has 0 unspecified atom stereocenters. The molecule has 3 rings (SSSR count). The number of aromatic amines is 1. The van der Waals surface area contributed by atoms with Gasteiger partial charge in [0.1, 0.15) is 0 Å². The molecule has 3 N–H and O–H groups in total. The Kier molecular flexibility index (Phi) is 4.04. The van der Waals surface area contributed by atoms with Gasteiger partial charge in [-0.1, -0.05) is 11.6 Å². The number of carbonyl (C=O) groups is 2. The number of anilines is 2. The molecular formula is C17H14ClN3O2. The summed E-state index contributed by atoms with van der Waals surface area (Å²) in [6.07, 6.45) is 1.65. The van der Waals surface area contributed by atoms with E-state index in [4.69, 9.17) is 11.6 Å². The van der Waals surface area contributed by atoms with Crippen molar-refractivity contribution in [1.82, 2.24) is 4.98 Å². The Morgan fingerprint density at radius 1 is 1.00 bits per heavy atom. The summed E-state index contributed by atoms with van der Waals surface area (Å²) >= 11 is 5.99. The van der Waals surface area contributed by atoms with Crippen LogP contribution in [0.15, 0.2) is 48.7 Å². The molecule has 0 aliphatic rings. The summed E-state index contributed by atoms with van der Waals surface area (Å²) in [5.41, 5.74) is 2.68. The minimum Gasteiger partial charge on any atom is -0.360 e. The van der Waals surface area contributed by atoms with E-state index in [1.807, 2.05) is 6.07 Å². The number of amides is 2. The molecule has 0 saturated heterocycles. The Morgan fingerprint density at radius 3 is 2.30 bits per heavy atom. The Balaban J connectivity index is 1.80. The molecule has 0 spiro atoms. The van der Waals surface area contributed by atoms with Crippen molar-refractivity contribution in [3.05, 3.63) is 59.2 Å². The standard InChI is InChI=1S/C17H14ClN3O2/c1-10(22)20-12-3-5-13(6-4-12)21-17(23)15-9-19-16-7-2-11(18)8-14(15)16/h2-9,19H,1H3,(H,20,22)(H,21,23). The van der Waals surface area contributed by atoms with Crippen LogP contribution in [0.4, 0.5) is 11.4 Å². The third kappa shape index (κ3) is 3.35. The summed E-state index contributed by atoms with van der Waals surface area (Å²) in [5.74, 6) is -0.372. The normalized spacial score (nSPS) is 10.5. The van der Waals surface area contributed by atoms with Crippen molar-refractivity contribution in [1.29, 1.82) is 0 Å². The van der Waals surface area contributed by atoms with Crippen molar-refractivity contribution in [3.8, 4) is 0 Å². The third-order valence-electron chi connectivity index (χ3n) is 3.35. The molecule has 1 heterocycles. The second kappa shape index (κ2) is 6.14. The van der Waals surface area contributed by atoms with Crippen molar-refractivity contribution < 1.29 is 9.59 Å². The van der Waals surface area contributed by atoms with Gasteiger partial charge in [-0.05, 0) is 42.5 Å². The van der Waals surface area contributed by atoms with Gasteiger partial charge in [-0.15, -0.1) is 0 Å². The second-order valence-corrected chi connectivity index (χ2v) is 5.54. The Hall–Kier alpha value is -2.79. The van der Waals surface area contributed by atoms with E-state index >= 15 is 0 Å². The Labute approximate surface area is 137 Å². The minimum atomic E-state index is -0.231. The van der Waals surface area contributed by atoms with Crippen molar-refractivity contribution in [2.45, 2.75) is 6.92 Å². The topological polar surface area (TPSA) is 74.0 Å². The minimum absolute atomic E-state index is 0.141. The van der Waals surface area contributed by atoms with Crippen LogP contribution in [-0.2, 0) is 4.79 Å². The number of nitrogens with one attached hydrogen (secondary N) is 3. The lowest BCUT2D eigenvalue weighted by atomic mass is 10.1. The van der Waals surface area contributed by atoms with E-state index in [2.05, 4.69) is 15.6 Å². The monoisotopic (exact) mass is 327 g/mol. The fourth-order valence-corrected chi connectivity index (χ4v) is 2.49. The van der Waals surface area contributed by atoms with Gasteiger partial charge in [0.25, 0.3) is 5.91 Å². The van der Waals surface area contributed by atoms with Gasteiger partial charge < -0.3 is 15.6 Å². The van der Waals surface area contributed by atoms with E-state index in [-0.39, 0.29) is 11.8 Å². The van der Waals surface area contributed by atoms with E-state index < -0.39 is 0 Å². The first-order chi connectivity index (χ1) is 11.0. The predicted octanol–water partition coefficient (Wildman–Crippen LogP) is 4.03. The second-order valence-electron chi connectivity index (χ2n) is 5.10. The summed E-state index contributed by atoms with van der Waals surface area (Å²) in [4.78, 5) is 26.5. The lowest BCUT2D eigenvalue weighted by molar-refractivity contribution is -0.114. The molecule has 5 nitrogen and oxygen atoms in total. The quantitative estimate of drug-likeness (QED) is 0.679. The lowest BCUT2D eigenvalue weighted by Crippen LogP contribution is -2.11. The molecule has 1 aromatic heterocycles. The molecule has 3 aromatic rings. The zero-order chi connectivity index (χ0) is 16.4. The molecule has 0 saturated carbocycles. The smallest absolute Gasteiger partial charge is 0.257 e. The molecule has 116 valence electrons. The fourth-order valence-electron chi connectivity index (χ4n) is 2.32. The van der Waals surface area contributed by atoms with Crippen LogP contribution in [0.1, 0.15) is 17.3 Å². The van der Waals surface area contributed by atoms with Crippen LogP contribution in [0.2, 0.25) is 5.02 Å². The largest absolute Gasteiger partial charge is 0.360 e. The maximum Gasteiger partial charge on any atom is 0.257 e. The van der Waals surface area contributed by atoms with Crippen molar-refractivity contribution >= 4 is 45.7 Å². The van der Waals surface area contributed by atoms with E-state index in [1.165, 1.54) is 6.92 Å². The molecule has 2 aromatic carbocycles. The van der Waals surface area contributed by atoms with Crippen LogP contribution in [0.5, 0.6) is 0 Å². The first-order valence-corrected chi connectivity index (χ1v) is 7.36. The molecule has 0 bridgehead atoms. The average molecular weight is 328 g/mol. The number of hydrogen-bond donors (Lipinski definition) is 3. The SMILES string of the molecule is CC(=O)Nc1ccc(NC(=O)c2c[nH]c3ccc(Cl)cc23)cc1. The number of H-pyrrole nitrogens is 1. The maximum absolute atomic E-state index is 12.4. The summed E-state index contributed by atoms with van der Waals surface area (Å²) in [5, 5.41) is 6.84. The Bertz CT molecular complexity index is 884. The van der Waals surface area contributed by atoms with Gasteiger partial charge in [0.05, 0.1) is 5.56 Å². The molecule has 0 aliphatic heterocycles. The molecule has 2 amide bonds. The molecule has 0 fully saturated rings. The zero-order valence-electron chi connectivity index (χ0n) is 12.3. The number of halogens is 1. The number of hydrogen-bond acceptors (Lipinski definition) is 2. The fraction of sp³-hybridized carbons (Fsp3) is 0.0588. The molecule has 0 aliphatic carbocycles. The van der Waals surface area contributed by atoms with Crippen LogP contribution >= 0.6 is 11.6 Å². The molecule has 6 heteroatoms. The van der Waals surface area contributed by atoms with Crippen molar-refractivity contribution in [2.24, 2.45) is 0 Å². The molecule has 23 heavy (non-hydrogen) atoms. The van der Waals surface area contributed by atoms with Gasteiger partial charge in [0.2, 0.25) is 5.91 Å². The summed E-state index contributed by atoms with van der Waals surface area (Å²) in [7, 11) is 0. The lowest BCUT2D eigenvalue weighted by Gasteiger charge is -2.06. The van der Waals surface area contributed by atoms with Crippen LogP contribution in [0.25, 0.3) is 10.9 Å². The number of fused-ring (bicyclic) bond motifs is 1. The van der Waals surface area contributed by atoms with Crippen molar-refractivity contribution in [3.63, 3.8) is 0 Å². The van der Waals surface area contributed by atoms with Gasteiger partial charge >= 0.3 is 0 Å². The number of carbonyl (C=O) groups excluding carboxylic acids is 2. The van der Waals surface area contributed by atoms with Gasteiger partial charge in [-0.25, -0.2) is 0 Å². The molecular weight excluding hydrogens is 314 g/mol. The molecule has 0 radical (unpaired) electrons. The maximum atomic E-state index is 12.4. The van der Waals surface area contributed by atoms with Crippen LogP contribution < -0.4 is 10.6 Å². The van der Waals surface area contributed by atoms with Crippen LogP contribution in [0, 0.1) is 0 Å². The van der Waals surface area contributed by atoms with Crippen molar-refractivity contribution in [2.75, 3.05) is 10.6 Å². The van der Waals surface area contributed by atoms with Crippen LogP contribution in [0.3, 0.4) is 0 Å². The number of aromatic nitrogens is 1.